The van der Waals surface area contributed by atoms with Gasteiger partial charge in [0.05, 0.1) is 10.6 Å². The average molecular weight is 383 g/mol. The number of benzene rings is 2. The molecule has 0 radical (unpaired) electrons. The second-order valence-corrected chi connectivity index (χ2v) is 6.88. The summed E-state index contributed by atoms with van der Waals surface area (Å²) in [7, 11) is 0. The van der Waals surface area contributed by atoms with Crippen LogP contribution >= 0.6 is 11.3 Å². The Hall–Kier alpha value is -3.26. The lowest BCUT2D eigenvalue weighted by atomic mass is 10.2. The van der Waals surface area contributed by atoms with Crippen molar-refractivity contribution in [1.29, 1.82) is 0 Å². The number of ether oxygens (including phenoxy) is 1. The van der Waals surface area contributed by atoms with Gasteiger partial charge in [0.25, 0.3) is 11.6 Å². The molecule has 1 amide bonds. The fourth-order valence-corrected chi connectivity index (χ4v) is 2.99. The van der Waals surface area contributed by atoms with Crippen LogP contribution in [0.2, 0.25) is 0 Å². The van der Waals surface area contributed by atoms with Crippen molar-refractivity contribution in [3.05, 3.63) is 79.8 Å². The average Bonchev–Trinajstić information content (AvgIpc) is 3.12. The Bertz CT molecular complexity index is 983. The number of aryl methyl sites for hydroxylation is 2. The summed E-state index contributed by atoms with van der Waals surface area (Å²) in [5.41, 5.74) is 2.42. The second-order valence-electron chi connectivity index (χ2n) is 5.94. The molecule has 0 saturated carbocycles. The molecule has 0 bridgehead atoms. The lowest BCUT2D eigenvalue weighted by Crippen LogP contribution is -2.13. The van der Waals surface area contributed by atoms with E-state index in [4.69, 9.17) is 4.74 Å². The summed E-state index contributed by atoms with van der Waals surface area (Å²) in [6.45, 7) is 4.02. The molecule has 0 aliphatic rings. The molecule has 3 aromatic rings. The topological polar surface area (TPSA) is 94.4 Å². The highest BCUT2D eigenvalue weighted by molar-refractivity contribution is 7.09. The highest BCUT2D eigenvalue weighted by atomic mass is 32.1. The molecule has 27 heavy (non-hydrogen) atoms. The van der Waals surface area contributed by atoms with Crippen molar-refractivity contribution in [3.8, 4) is 5.75 Å². The third-order valence-electron chi connectivity index (χ3n) is 3.85. The van der Waals surface area contributed by atoms with Crippen LogP contribution in [0.1, 0.15) is 26.6 Å². The molecule has 1 aromatic heterocycles. The molecule has 0 atom stereocenters. The normalized spacial score (nSPS) is 10.4. The molecule has 2 aromatic carbocycles. The molecular weight excluding hydrogens is 366 g/mol. The molecule has 0 unspecified atom stereocenters. The van der Waals surface area contributed by atoms with E-state index in [0.29, 0.717) is 10.7 Å². The summed E-state index contributed by atoms with van der Waals surface area (Å²) in [5, 5.41) is 15.9. The van der Waals surface area contributed by atoms with Crippen molar-refractivity contribution < 1.29 is 14.5 Å². The van der Waals surface area contributed by atoms with Gasteiger partial charge in [-0.1, -0.05) is 23.8 Å². The molecule has 8 heteroatoms. The molecule has 0 fully saturated rings. The van der Waals surface area contributed by atoms with Gasteiger partial charge in [-0.3, -0.25) is 14.9 Å². The number of non-ortho nitro benzene ring substituents is 1. The lowest BCUT2D eigenvalue weighted by Gasteiger charge is -2.07. The van der Waals surface area contributed by atoms with E-state index in [-0.39, 0.29) is 18.0 Å². The molecule has 0 spiro atoms. The molecular formula is C19H17N3O4S. The van der Waals surface area contributed by atoms with Crippen LogP contribution < -0.4 is 10.1 Å². The quantitative estimate of drug-likeness (QED) is 0.499. The van der Waals surface area contributed by atoms with E-state index in [0.717, 1.165) is 16.9 Å². The highest BCUT2D eigenvalue weighted by Gasteiger charge is 2.15. The first-order chi connectivity index (χ1) is 12.9. The predicted molar refractivity (Wildman–Crippen MR) is 103 cm³/mol. The Labute approximate surface area is 159 Å². The van der Waals surface area contributed by atoms with Crippen LogP contribution in [-0.2, 0) is 6.61 Å². The molecule has 7 nitrogen and oxygen atoms in total. The maximum Gasteiger partial charge on any atom is 0.275 e. The van der Waals surface area contributed by atoms with Crippen LogP contribution in [0.3, 0.4) is 0 Å². The molecule has 3 rings (SSSR count). The number of anilines is 1. The number of carbonyl (C=O) groups excluding carboxylic acids is 1. The number of nitrogens with one attached hydrogen (secondary N) is 1. The Morgan fingerprint density at radius 3 is 2.67 bits per heavy atom. The standard InChI is InChI=1S/C19H17N3O4S/c1-12-3-7-15(8-4-12)26-10-18-20-17(11-27-18)19(23)21-16-9-14(22(24)25)6-5-13(16)2/h3-9,11H,10H2,1-2H3,(H,21,23). The van der Waals surface area contributed by atoms with Gasteiger partial charge in [-0.15, -0.1) is 11.3 Å². The third kappa shape index (κ3) is 4.68. The lowest BCUT2D eigenvalue weighted by molar-refractivity contribution is -0.384. The summed E-state index contributed by atoms with van der Waals surface area (Å²) in [5.74, 6) is 0.311. The van der Waals surface area contributed by atoms with Crippen LogP contribution in [-0.4, -0.2) is 15.8 Å². The minimum atomic E-state index is -0.502. The van der Waals surface area contributed by atoms with Gasteiger partial charge >= 0.3 is 0 Å². The van der Waals surface area contributed by atoms with E-state index in [1.165, 1.54) is 23.5 Å². The number of nitro groups is 1. The molecule has 138 valence electrons. The van der Waals surface area contributed by atoms with Crippen molar-refractivity contribution >= 4 is 28.6 Å². The number of hydrogen-bond donors (Lipinski definition) is 1. The van der Waals surface area contributed by atoms with Gasteiger partial charge in [0.15, 0.2) is 0 Å². The van der Waals surface area contributed by atoms with Crippen molar-refractivity contribution in [3.63, 3.8) is 0 Å². The Balaban J connectivity index is 1.65. The number of aromatic nitrogens is 1. The first-order valence-corrected chi connectivity index (χ1v) is 9.00. The van der Waals surface area contributed by atoms with Crippen molar-refractivity contribution in [1.82, 2.24) is 4.98 Å². The summed E-state index contributed by atoms with van der Waals surface area (Å²) < 4.78 is 5.66. The van der Waals surface area contributed by atoms with Crippen LogP contribution in [0, 0.1) is 24.0 Å². The Kier molecular flexibility index (Phi) is 5.46. The zero-order valence-corrected chi connectivity index (χ0v) is 15.6. The van der Waals surface area contributed by atoms with Gasteiger partial charge in [0, 0.05) is 17.5 Å². The number of carbonyl (C=O) groups is 1. The first kappa shape index (κ1) is 18.5. The summed E-state index contributed by atoms with van der Waals surface area (Å²) in [6, 6.07) is 12.0. The minimum absolute atomic E-state index is 0.0821. The van der Waals surface area contributed by atoms with Crippen LogP contribution in [0.25, 0.3) is 0 Å². The summed E-state index contributed by atoms with van der Waals surface area (Å²) in [4.78, 5) is 27.1. The van der Waals surface area contributed by atoms with Crippen molar-refractivity contribution in [2.24, 2.45) is 0 Å². The van der Waals surface area contributed by atoms with Crippen LogP contribution in [0.5, 0.6) is 5.75 Å². The molecule has 0 saturated heterocycles. The largest absolute Gasteiger partial charge is 0.486 e. The predicted octanol–water partition coefficient (Wildman–Crippen LogP) is 4.50. The van der Waals surface area contributed by atoms with Gasteiger partial charge in [-0.05, 0) is 31.5 Å². The number of rotatable bonds is 6. The zero-order chi connectivity index (χ0) is 19.4. The number of amides is 1. The maximum absolute atomic E-state index is 12.4. The fraction of sp³-hybridized carbons (Fsp3) is 0.158. The highest BCUT2D eigenvalue weighted by Crippen LogP contribution is 2.23. The SMILES string of the molecule is Cc1ccc(OCc2nc(C(=O)Nc3cc([N+](=O)[O-])ccc3C)cs2)cc1. The number of thiazole rings is 1. The van der Waals surface area contributed by atoms with Gasteiger partial charge in [-0.2, -0.15) is 0 Å². The second kappa shape index (κ2) is 7.96. The maximum atomic E-state index is 12.4. The molecule has 1 heterocycles. The monoisotopic (exact) mass is 383 g/mol. The van der Waals surface area contributed by atoms with Crippen LogP contribution in [0.15, 0.2) is 47.8 Å². The van der Waals surface area contributed by atoms with E-state index < -0.39 is 10.8 Å². The zero-order valence-electron chi connectivity index (χ0n) is 14.8. The minimum Gasteiger partial charge on any atom is -0.486 e. The molecule has 0 aliphatic heterocycles. The fourth-order valence-electron chi connectivity index (χ4n) is 2.31. The van der Waals surface area contributed by atoms with Gasteiger partial charge < -0.3 is 10.1 Å². The number of nitro benzene ring substituents is 1. The summed E-state index contributed by atoms with van der Waals surface area (Å²) >= 11 is 1.32. The Morgan fingerprint density at radius 1 is 1.22 bits per heavy atom. The van der Waals surface area contributed by atoms with E-state index in [1.807, 2.05) is 31.2 Å². The van der Waals surface area contributed by atoms with E-state index >= 15 is 0 Å². The molecule has 0 aliphatic carbocycles. The third-order valence-corrected chi connectivity index (χ3v) is 4.67. The number of hydrogen-bond acceptors (Lipinski definition) is 6. The van der Waals surface area contributed by atoms with E-state index in [9.17, 15) is 14.9 Å². The van der Waals surface area contributed by atoms with Crippen LogP contribution in [0.4, 0.5) is 11.4 Å². The van der Waals surface area contributed by atoms with Gasteiger partial charge in [0.1, 0.15) is 23.1 Å². The van der Waals surface area contributed by atoms with E-state index in [2.05, 4.69) is 10.3 Å². The van der Waals surface area contributed by atoms with Crippen molar-refractivity contribution in [2.45, 2.75) is 20.5 Å². The van der Waals surface area contributed by atoms with E-state index in [1.54, 1.807) is 18.4 Å². The smallest absolute Gasteiger partial charge is 0.275 e. The summed E-state index contributed by atoms with van der Waals surface area (Å²) in [6.07, 6.45) is 0. The Morgan fingerprint density at radius 2 is 1.96 bits per heavy atom. The molecule has 1 N–H and O–H groups in total. The van der Waals surface area contributed by atoms with Crippen molar-refractivity contribution in [2.75, 3.05) is 5.32 Å². The van der Waals surface area contributed by atoms with Gasteiger partial charge in [0.2, 0.25) is 0 Å². The van der Waals surface area contributed by atoms with Gasteiger partial charge in [-0.25, -0.2) is 4.98 Å². The first-order valence-electron chi connectivity index (χ1n) is 8.12. The number of nitrogens with zero attached hydrogens (tertiary/aromatic N) is 2.